The molecule has 0 fully saturated rings. The van der Waals surface area contributed by atoms with Crippen LogP contribution in [0.4, 0.5) is 0 Å². The molecule has 100 valence electrons. The monoisotopic (exact) mass is 267 g/mol. The number of aryl methyl sites for hydroxylation is 1. The molecule has 0 saturated heterocycles. The zero-order valence-electron chi connectivity index (χ0n) is 11.3. The lowest BCUT2D eigenvalue weighted by atomic mass is 10.2. The first-order chi connectivity index (χ1) is 8.65. The lowest BCUT2D eigenvalue weighted by Crippen LogP contribution is -2.32. The van der Waals surface area contributed by atoms with Crippen molar-refractivity contribution in [3.8, 4) is 0 Å². The first kappa shape index (κ1) is 15.1. The quantitative estimate of drug-likeness (QED) is 0.561. The van der Waals surface area contributed by atoms with E-state index in [4.69, 9.17) is 0 Å². The molecule has 0 saturated carbocycles. The third-order valence-corrected chi connectivity index (χ3v) is 3.72. The molecule has 3 nitrogen and oxygen atoms in total. The molecule has 18 heavy (non-hydrogen) atoms. The number of likely N-dealkylation sites (N-methyl/N-ethyl adjacent to an activating group) is 1. The van der Waals surface area contributed by atoms with E-state index >= 15 is 0 Å². The SMILES string of the molecule is CCN(CCSc1ccc(C)cc1)CC(=O)OC. The maximum atomic E-state index is 11.2. The first-order valence-corrected chi connectivity index (χ1v) is 7.13. The fraction of sp³-hybridized carbons (Fsp3) is 0.500. The van der Waals surface area contributed by atoms with Crippen LogP contribution in [0.1, 0.15) is 12.5 Å². The van der Waals surface area contributed by atoms with Crippen LogP contribution in [0.15, 0.2) is 29.2 Å². The maximum Gasteiger partial charge on any atom is 0.319 e. The van der Waals surface area contributed by atoms with E-state index in [1.807, 2.05) is 11.8 Å². The van der Waals surface area contributed by atoms with Gasteiger partial charge in [0.05, 0.1) is 13.7 Å². The van der Waals surface area contributed by atoms with Crippen molar-refractivity contribution in [2.24, 2.45) is 0 Å². The minimum absolute atomic E-state index is 0.169. The summed E-state index contributed by atoms with van der Waals surface area (Å²) in [6.07, 6.45) is 0. The first-order valence-electron chi connectivity index (χ1n) is 6.14. The molecule has 0 aliphatic heterocycles. The lowest BCUT2D eigenvalue weighted by molar-refractivity contribution is -0.141. The molecule has 1 aromatic rings. The van der Waals surface area contributed by atoms with Crippen LogP contribution < -0.4 is 0 Å². The number of hydrogen-bond donors (Lipinski definition) is 0. The Balaban J connectivity index is 2.30. The van der Waals surface area contributed by atoms with Crippen molar-refractivity contribution in [1.82, 2.24) is 4.90 Å². The predicted octanol–water partition coefficient (Wildman–Crippen LogP) is 2.58. The standard InChI is InChI=1S/C14H21NO2S/c1-4-15(11-14(16)17-3)9-10-18-13-7-5-12(2)6-8-13/h5-8H,4,9-11H2,1-3H3. The van der Waals surface area contributed by atoms with E-state index in [2.05, 4.69) is 47.7 Å². The number of ether oxygens (including phenoxy) is 1. The summed E-state index contributed by atoms with van der Waals surface area (Å²) >= 11 is 1.81. The summed E-state index contributed by atoms with van der Waals surface area (Å²) in [4.78, 5) is 14.5. The fourth-order valence-corrected chi connectivity index (χ4v) is 2.44. The number of benzene rings is 1. The summed E-state index contributed by atoms with van der Waals surface area (Å²) in [6.45, 7) is 6.28. The van der Waals surface area contributed by atoms with Gasteiger partial charge >= 0.3 is 5.97 Å². The van der Waals surface area contributed by atoms with Crippen molar-refractivity contribution in [2.45, 2.75) is 18.7 Å². The third kappa shape index (κ3) is 5.56. The molecule has 0 aliphatic carbocycles. The van der Waals surface area contributed by atoms with E-state index in [1.54, 1.807) is 0 Å². The van der Waals surface area contributed by atoms with E-state index in [0.717, 1.165) is 18.8 Å². The highest BCUT2D eigenvalue weighted by Gasteiger charge is 2.08. The topological polar surface area (TPSA) is 29.5 Å². The number of carbonyl (C=O) groups excluding carboxylic acids is 1. The van der Waals surface area contributed by atoms with Crippen molar-refractivity contribution >= 4 is 17.7 Å². The summed E-state index contributed by atoms with van der Waals surface area (Å²) in [5.74, 6) is 0.811. The van der Waals surface area contributed by atoms with E-state index < -0.39 is 0 Å². The Morgan fingerprint density at radius 3 is 2.56 bits per heavy atom. The summed E-state index contributed by atoms with van der Waals surface area (Å²) in [5.41, 5.74) is 1.28. The van der Waals surface area contributed by atoms with Crippen LogP contribution in [0.3, 0.4) is 0 Å². The second kappa shape index (κ2) is 8.16. The van der Waals surface area contributed by atoms with Gasteiger partial charge < -0.3 is 4.74 Å². The lowest BCUT2D eigenvalue weighted by Gasteiger charge is -2.18. The molecule has 0 atom stereocenters. The molecule has 0 unspecified atom stereocenters. The Morgan fingerprint density at radius 2 is 2.00 bits per heavy atom. The van der Waals surface area contributed by atoms with Crippen molar-refractivity contribution in [2.75, 3.05) is 32.5 Å². The van der Waals surface area contributed by atoms with Crippen molar-refractivity contribution in [3.63, 3.8) is 0 Å². The van der Waals surface area contributed by atoms with Gasteiger partial charge in [0.25, 0.3) is 0 Å². The minimum atomic E-state index is -0.169. The largest absolute Gasteiger partial charge is 0.468 e. The summed E-state index contributed by atoms with van der Waals surface area (Å²) in [6, 6.07) is 8.51. The van der Waals surface area contributed by atoms with E-state index in [0.29, 0.717) is 6.54 Å². The molecule has 4 heteroatoms. The fourth-order valence-electron chi connectivity index (χ4n) is 1.52. The Hall–Kier alpha value is -1.00. The average molecular weight is 267 g/mol. The van der Waals surface area contributed by atoms with Gasteiger partial charge in [-0.1, -0.05) is 24.6 Å². The van der Waals surface area contributed by atoms with Gasteiger partial charge in [-0.05, 0) is 25.6 Å². The van der Waals surface area contributed by atoms with Crippen LogP contribution in [-0.2, 0) is 9.53 Å². The van der Waals surface area contributed by atoms with Gasteiger partial charge in [-0.25, -0.2) is 0 Å². The van der Waals surface area contributed by atoms with Gasteiger partial charge in [0.2, 0.25) is 0 Å². The molecule has 0 amide bonds. The number of esters is 1. The van der Waals surface area contributed by atoms with Crippen molar-refractivity contribution < 1.29 is 9.53 Å². The maximum absolute atomic E-state index is 11.2. The Kier molecular flexibility index (Phi) is 6.83. The van der Waals surface area contributed by atoms with Gasteiger partial charge in [-0.3, -0.25) is 9.69 Å². The van der Waals surface area contributed by atoms with E-state index in [9.17, 15) is 4.79 Å². The molecule has 0 aliphatic rings. The third-order valence-electron chi connectivity index (χ3n) is 2.72. The molecule has 0 radical (unpaired) electrons. The zero-order chi connectivity index (χ0) is 13.4. The molecule has 0 spiro atoms. The second-order valence-corrected chi connectivity index (χ2v) is 5.27. The molecule has 0 N–H and O–H groups in total. The number of nitrogens with zero attached hydrogens (tertiary/aromatic N) is 1. The van der Waals surface area contributed by atoms with Gasteiger partial charge in [0.15, 0.2) is 0 Å². The number of rotatable bonds is 7. The summed E-state index contributed by atoms with van der Waals surface area (Å²) < 4.78 is 4.67. The number of methoxy groups -OCH3 is 1. The second-order valence-electron chi connectivity index (χ2n) is 4.11. The van der Waals surface area contributed by atoms with Crippen molar-refractivity contribution in [1.29, 1.82) is 0 Å². The molecule has 0 bridgehead atoms. The van der Waals surface area contributed by atoms with Crippen LogP contribution in [0, 0.1) is 6.92 Å². The van der Waals surface area contributed by atoms with Crippen LogP contribution in [0.2, 0.25) is 0 Å². The molecular formula is C14H21NO2S. The zero-order valence-corrected chi connectivity index (χ0v) is 12.1. The minimum Gasteiger partial charge on any atom is -0.468 e. The van der Waals surface area contributed by atoms with Crippen molar-refractivity contribution in [3.05, 3.63) is 29.8 Å². The average Bonchev–Trinajstić information content (AvgIpc) is 2.39. The van der Waals surface area contributed by atoms with Gasteiger partial charge in [-0.15, -0.1) is 11.8 Å². The molecule has 1 aromatic carbocycles. The van der Waals surface area contributed by atoms with Crippen LogP contribution in [-0.4, -0.2) is 43.4 Å². The molecule has 0 heterocycles. The Morgan fingerprint density at radius 1 is 1.33 bits per heavy atom. The van der Waals surface area contributed by atoms with Crippen LogP contribution >= 0.6 is 11.8 Å². The smallest absolute Gasteiger partial charge is 0.319 e. The number of carbonyl (C=O) groups is 1. The highest BCUT2D eigenvalue weighted by atomic mass is 32.2. The summed E-state index contributed by atoms with van der Waals surface area (Å²) in [7, 11) is 1.43. The number of hydrogen-bond acceptors (Lipinski definition) is 4. The van der Waals surface area contributed by atoms with E-state index in [-0.39, 0.29) is 5.97 Å². The van der Waals surface area contributed by atoms with Crippen LogP contribution in [0.25, 0.3) is 0 Å². The van der Waals surface area contributed by atoms with Gasteiger partial charge in [0, 0.05) is 17.2 Å². The molecule has 0 aromatic heterocycles. The van der Waals surface area contributed by atoms with Crippen LogP contribution in [0.5, 0.6) is 0 Å². The van der Waals surface area contributed by atoms with Gasteiger partial charge in [0.1, 0.15) is 0 Å². The number of thioether (sulfide) groups is 1. The molecule has 1 rings (SSSR count). The highest BCUT2D eigenvalue weighted by molar-refractivity contribution is 7.99. The normalized spacial score (nSPS) is 10.7. The van der Waals surface area contributed by atoms with Gasteiger partial charge in [-0.2, -0.15) is 0 Å². The Bertz CT molecular complexity index is 365. The Labute approximate surface area is 114 Å². The van der Waals surface area contributed by atoms with E-state index in [1.165, 1.54) is 17.6 Å². The molecular weight excluding hydrogens is 246 g/mol. The summed E-state index contributed by atoms with van der Waals surface area (Å²) in [5, 5.41) is 0. The highest BCUT2D eigenvalue weighted by Crippen LogP contribution is 2.18. The predicted molar refractivity (Wildman–Crippen MR) is 76.0 cm³/mol.